The van der Waals surface area contributed by atoms with Crippen LogP contribution in [0.1, 0.15) is 16.8 Å². The normalized spacial score (nSPS) is 18.8. The van der Waals surface area contributed by atoms with Gasteiger partial charge >= 0.3 is 0 Å². The van der Waals surface area contributed by atoms with Gasteiger partial charge in [0.25, 0.3) is 5.91 Å². The standard InChI is InChI=1S/C18H17N3O3S2/c22-18(20-21-12-19-15-6-2-3-7-16(15)21)14-5-1-4-8-17(14)25-13-9-10-26(23,24)11-13/h1-8,12-13H,9-11H2,(H,20,22)/t13-/m1/s1. The molecule has 1 saturated heterocycles. The van der Waals surface area contributed by atoms with E-state index in [0.717, 1.165) is 15.9 Å². The van der Waals surface area contributed by atoms with Crippen LogP contribution in [0.3, 0.4) is 0 Å². The van der Waals surface area contributed by atoms with E-state index in [2.05, 4.69) is 10.4 Å². The molecule has 1 aromatic heterocycles. The quantitative estimate of drug-likeness (QED) is 0.744. The number of fused-ring (bicyclic) bond motifs is 1. The lowest BCUT2D eigenvalue weighted by Crippen LogP contribution is -2.22. The minimum absolute atomic E-state index is 0.0111. The van der Waals surface area contributed by atoms with Crippen molar-refractivity contribution in [1.82, 2.24) is 9.66 Å². The summed E-state index contributed by atoms with van der Waals surface area (Å²) in [5, 5.41) is -0.0111. The Kier molecular flexibility index (Phi) is 4.46. The summed E-state index contributed by atoms with van der Waals surface area (Å²) < 4.78 is 25.0. The number of para-hydroxylation sites is 2. The van der Waals surface area contributed by atoms with Gasteiger partial charge < -0.3 is 0 Å². The molecule has 0 radical (unpaired) electrons. The summed E-state index contributed by atoms with van der Waals surface area (Å²) in [7, 11) is -2.95. The lowest BCUT2D eigenvalue weighted by molar-refractivity contribution is 0.101. The first-order chi connectivity index (χ1) is 12.5. The van der Waals surface area contributed by atoms with Crippen molar-refractivity contribution in [2.45, 2.75) is 16.6 Å². The van der Waals surface area contributed by atoms with Crippen molar-refractivity contribution < 1.29 is 13.2 Å². The van der Waals surface area contributed by atoms with Crippen LogP contribution in [-0.2, 0) is 9.84 Å². The number of carbonyl (C=O) groups excluding carboxylic acids is 1. The van der Waals surface area contributed by atoms with Gasteiger partial charge in [-0.1, -0.05) is 24.3 Å². The summed E-state index contributed by atoms with van der Waals surface area (Å²) in [4.78, 5) is 17.8. The van der Waals surface area contributed by atoms with E-state index in [1.165, 1.54) is 11.8 Å². The van der Waals surface area contributed by atoms with E-state index < -0.39 is 9.84 Å². The van der Waals surface area contributed by atoms with Gasteiger partial charge in [0.2, 0.25) is 0 Å². The van der Waals surface area contributed by atoms with Crippen LogP contribution in [0.15, 0.2) is 59.8 Å². The number of thioether (sulfide) groups is 1. The van der Waals surface area contributed by atoms with Crippen molar-refractivity contribution in [2.24, 2.45) is 0 Å². The predicted octanol–water partition coefficient (Wildman–Crippen LogP) is 2.70. The average Bonchev–Trinajstić information content (AvgIpc) is 3.18. The average molecular weight is 387 g/mol. The van der Waals surface area contributed by atoms with Gasteiger partial charge in [-0.3, -0.25) is 10.2 Å². The summed E-state index contributed by atoms with van der Waals surface area (Å²) in [6.07, 6.45) is 2.19. The van der Waals surface area contributed by atoms with E-state index in [-0.39, 0.29) is 22.7 Å². The Bertz CT molecular complexity index is 1080. The first-order valence-electron chi connectivity index (χ1n) is 8.21. The number of amides is 1. The molecular formula is C18H17N3O3S2. The molecule has 2 aromatic carbocycles. The Balaban J connectivity index is 1.57. The molecule has 1 amide bonds. The van der Waals surface area contributed by atoms with Crippen molar-refractivity contribution in [2.75, 3.05) is 16.9 Å². The number of nitrogens with one attached hydrogen (secondary N) is 1. The Labute approximate surface area is 155 Å². The topological polar surface area (TPSA) is 81.1 Å². The molecule has 0 unspecified atom stereocenters. The summed E-state index contributed by atoms with van der Waals surface area (Å²) in [5.41, 5.74) is 4.98. The highest BCUT2D eigenvalue weighted by Gasteiger charge is 2.29. The Morgan fingerprint density at radius 3 is 2.73 bits per heavy atom. The van der Waals surface area contributed by atoms with Crippen LogP contribution < -0.4 is 5.43 Å². The minimum Gasteiger partial charge on any atom is -0.267 e. The predicted molar refractivity (Wildman–Crippen MR) is 103 cm³/mol. The summed E-state index contributed by atoms with van der Waals surface area (Å²) >= 11 is 1.46. The van der Waals surface area contributed by atoms with Gasteiger partial charge in [0.05, 0.1) is 28.1 Å². The number of imidazole rings is 1. The maximum atomic E-state index is 12.8. The number of sulfone groups is 1. The smallest absolute Gasteiger partial charge is 0.267 e. The van der Waals surface area contributed by atoms with Gasteiger partial charge in [0.1, 0.15) is 6.33 Å². The molecule has 134 valence electrons. The number of carbonyl (C=O) groups is 1. The summed E-state index contributed by atoms with van der Waals surface area (Å²) in [6, 6.07) is 14.8. The second-order valence-corrected chi connectivity index (χ2v) is 9.75. The molecular weight excluding hydrogens is 370 g/mol. The first kappa shape index (κ1) is 17.1. The molecule has 0 aliphatic carbocycles. The van der Waals surface area contributed by atoms with Crippen LogP contribution in [-0.4, -0.2) is 40.7 Å². The number of aromatic nitrogens is 2. The Hall–Kier alpha value is -2.32. The van der Waals surface area contributed by atoms with Crippen molar-refractivity contribution in [3.05, 3.63) is 60.4 Å². The van der Waals surface area contributed by atoms with Gasteiger partial charge in [-0.15, -0.1) is 11.8 Å². The van der Waals surface area contributed by atoms with Crippen LogP contribution in [0.25, 0.3) is 11.0 Å². The van der Waals surface area contributed by atoms with Crippen molar-refractivity contribution in [3.8, 4) is 0 Å². The molecule has 3 aromatic rings. The highest BCUT2D eigenvalue weighted by Crippen LogP contribution is 2.33. The highest BCUT2D eigenvalue weighted by molar-refractivity contribution is 8.02. The zero-order valence-corrected chi connectivity index (χ0v) is 15.5. The van der Waals surface area contributed by atoms with Gasteiger partial charge in [0, 0.05) is 10.1 Å². The van der Waals surface area contributed by atoms with E-state index in [9.17, 15) is 13.2 Å². The van der Waals surface area contributed by atoms with Crippen LogP contribution in [0.2, 0.25) is 0 Å². The second-order valence-electron chi connectivity index (χ2n) is 6.18. The van der Waals surface area contributed by atoms with Crippen LogP contribution in [0, 0.1) is 0 Å². The fourth-order valence-corrected chi connectivity index (χ4v) is 6.63. The molecule has 0 saturated carbocycles. The molecule has 4 rings (SSSR count). The third-order valence-corrected chi connectivity index (χ3v) is 7.62. The number of hydrogen-bond acceptors (Lipinski definition) is 5. The molecule has 1 fully saturated rings. The van der Waals surface area contributed by atoms with Crippen molar-refractivity contribution >= 4 is 38.5 Å². The van der Waals surface area contributed by atoms with E-state index in [1.807, 2.05) is 36.4 Å². The largest absolute Gasteiger partial charge is 0.271 e. The number of benzene rings is 2. The molecule has 0 bridgehead atoms. The molecule has 6 nitrogen and oxygen atoms in total. The third-order valence-electron chi connectivity index (χ3n) is 4.29. The minimum atomic E-state index is -2.95. The Morgan fingerprint density at radius 2 is 1.92 bits per heavy atom. The van der Waals surface area contributed by atoms with Crippen LogP contribution in [0.5, 0.6) is 0 Å². The molecule has 0 spiro atoms. The number of nitrogens with zero attached hydrogens (tertiary/aromatic N) is 2. The van der Waals surface area contributed by atoms with Crippen molar-refractivity contribution in [1.29, 1.82) is 0 Å². The highest BCUT2D eigenvalue weighted by atomic mass is 32.2. The van der Waals surface area contributed by atoms with E-state index in [1.54, 1.807) is 23.1 Å². The lowest BCUT2D eigenvalue weighted by Gasteiger charge is -2.13. The second kappa shape index (κ2) is 6.77. The first-order valence-corrected chi connectivity index (χ1v) is 10.9. The monoisotopic (exact) mass is 387 g/mol. The van der Waals surface area contributed by atoms with E-state index >= 15 is 0 Å². The van der Waals surface area contributed by atoms with Gasteiger partial charge in [-0.25, -0.2) is 18.1 Å². The fourth-order valence-electron chi connectivity index (χ4n) is 3.01. The molecule has 1 N–H and O–H groups in total. The van der Waals surface area contributed by atoms with Crippen LogP contribution >= 0.6 is 11.8 Å². The number of hydrogen-bond donors (Lipinski definition) is 1. The van der Waals surface area contributed by atoms with E-state index in [0.29, 0.717) is 12.0 Å². The fraction of sp³-hybridized carbons (Fsp3) is 0.222. The SMILES string of the molecule is O=C(Nn1cnc2ccccc21)c1ccccc1S[C@@H]1CCS(=O)(=O)C1. The molecule has 2 heterocycles. The zero-order chi connectivity index (χ0) is 18.1. The molecule has 8 heteroatoms. The maximum absolute atomic E-state index is 12.8. The third kappa shape index (κ3) is 3.47. The van der Waals surface area contributed by atoms with Crippen LogP contribution in [0.4, 0.5) is 0 Å². The maximum Gasteiger partial charge on any atom is 0.271 e. The molecule has 26 heavy (non-hydrogen) atoms. The Morgan fingerprint density at radius 1 is 1.15 bits per heavy atom. The molecule has 1 aliphatic rings. The zero-order valence-electron chi connectivity index (χ0n) is 13.8. The van der Waals surface area contributed by atoms with Gasteiger partial charge in [0.15, 0.2) is 9.84 Å². The molecule has 1 atom stereocenters. The number of rotatable bonds is 4. The van der Waals surface area contributed by atoms with Crippen molar-refractivity contribution in [3.63, 3.8) is 0 Å². The van der Waals surface area contributed by atoms with E-state index in [4.69, 9.17) is 0 Å². The molecule has 1 aliphatic heterocycles. The van der Waals surface area contributed by atoms with Gasteiger partial charge in [-0.2, -0.15) is 0 Å². The summed E-state index contributed by atoms with van der Waals surface area (Å²) in [6.45, 7) is 0. The van der Waals surface area contributed by atoms with Gasteiger partial charge in [-0.05, 0) is 30.7 Å². The lowest BCUT2D eigenvalue weighted by atomic mass is 10.2. The summed E-state index contributed by atoms with van der Waals surface area (Å²) in [5.74, 6) is 0.136.